The van der Waals surface area contributed by atoms with Crippen molar-refractivity contribution in [2.24, 2.45) is 0 Å². The molecule has 1 atom stereocenters. The van der Waals surface area contributed by atoms with Crippen LogP contribution in [-0.2, 0) is 14.3 Å². The first-order chi connectivity index (χ1) is 14.1. The summed E-state index contributed by atoms with van der Waals surface area (Å²) in [5, 5.41) is 10.8. The molecule has 8 nitrogen and oxygen atoms in total. The van der Waals surface area contributed by atoms with E-state index in [0.717, 1.165) is 10.4 Å². The van der Waals surface area contributed by atoms with E-state index in [1.807, 2.05) is 47.8 Å². The minimum atomic E-state index is -0.535. The van der Waals surface area contributed by atoms with Gasteiger partial charge in [0.1, 0.15) is 0 Å². The summed E-state index contributed by atoms with van der Waals surface area (Å²) in [6.45, 7) is -0.268. The summed E-state index contributed by atoms with van der Waals surface area (Å²) in [4.78, 5) is 36.9. The first-order valence-electron chi connectivity index (χ1n) is 8.76. The van der Waals surface area contributed by atoms with Gasteiger partial charge in [-0.2, -0.15) is 0 Å². The van der Waals surface area contributed by atoms with Crippen LogP contribution < -0.4 is 10.6 Å². The van der Waals surface area contributed by atoms with Crippen LogP contribution in [0.3, 0.4) is 0 Å². The van der Waals surface area contributed by atoms with E-state index in [1.54, 1.807) is 0 Å². The van der Waals surface area contributed by atoms with Crippen molar-refractivity contribution in [3.8, 4) is 11.3 Å². The fraction of sp³-hybridized carbons (Fsp3) is 0.200. The third-order valence-corrected chi connectivity index (χ3v) is 5.02. The number of nitrogens with one attached hydrogen (secondary N) is 2. The lowest BCUT2D eigenvalue weighted by Gasteiger charge is -2.16. The standard InChI is InChI=1S/C20H19N3O5S/c1-27-19(25)11-14(17-8-5-9-29-17)22-18(24)12-21-20(26)15-10-16(28-23-15)13-6-3-2-4-7-13/h2-10,14H,11-12H2,1H3,(H,21,26)(H,22,24). The average molecular weight is 413 g/mol. The summed E-state index contributed by atoms with van der Waals surface area (Å²) in [6, 6.07) is 13.9. The Bertz CT molecular complexity index is 969. The molecule has 150 valence electrons. The van der Waals surface area contributed by atoms with Gasteiger partial charge in [0.25, 0.3) is 5.91 Å². The Balaban J connectivity index is 1.56. The quantitative estimate of drug-likeness (QED) is 0.549. The van der Waals surface area contributed by atoms with Crippen molar-refractivity contribution in [1.82, 2.24) is 15.8 Å². The topological polar surface area (TPSA) is 111 Å². The summed E-state index contributed by atoms with van der Waals surface area (Å²) >= 11 is 1.42. The van der Waals surface area contributed by atoms with E-state index in [0.29, 0.717) is 5.76 Å². The van der Waals surface area contributed by atoms with Gasteiger partial charge in [0.05, 0.1) is 26.1 Å². The molecule has 0 aliphatic carbocycles. The summed E-state index contributed by atoms with van der Waals surface area (Å²) in [5.74, 6) is -0.959. The molecular formula is C20H19N3O5S. The summed E-state index contributed by atoms with van der Waals surface area (Å²) in [7, 11) is 1.29. The molecular weight excluding hydrogens is 394 g/mol. The number of hydrogen-bond acceptors (Lipinski definition) is 7. The number of ether oxygens (including phenoxy) is 1. The smallest absolute Gasteiger partial charge is 0.307 e. The van der Waals surface area contributed by atoms with Crippen LogP contribution in [0, 0.1) is 0 Å². The van der Waals surface area contributed by atoms with Crippen LogP contribution in [0.1, 0.15) is 27.8 Å². The van der Waals surface area contributed by atoms with Gasteiger partial charge in [-0.05, 0) is 11.4 Å². The zero-order chi connectivity index (χ0) is 20.6. The molecule has 0 spiro atoms. The number of nitrogens with zero attached hydrogens (tertiary/aromatic N) is 1. The van der Waals surface area contributed by atoms with Gasteiger partial charge in [0.15, 0.2) is 11.5 Å². The second-order valence-electron chi connectivity index (χ2n) is 6.04. The van der Waals surface area contributed by atoms with E-state index < -0.39 is 23.8 Å². The molecule has 2 aromatic heterocycles. The first-order valence-corrected chi connectivity index (χ1v) is 9.64. The van der Waals surface area contributed by atoms with Crippen molar-refractivity contribution >= 4 is 29.1 Å². The number of benzene rings is 1. The van der Waals surface area contributed by atoms with Gasteiger partial charge in [0, 0.05) is 16.5 Å². The lowest BCUT2D eigenvalue weighted by Crippen LogP contribution is -2.39. The van der Waals surface area contributed by atoms with Crippen molar-refractivity contribution in [2.75, 3.05) is 13.7 Å². The van der Waals surface area contributed by atoms with Gasteiger partial charge >= 0.3 is 5.97 Å². The van der Waals surface area contributed by atoms with E-state index >= 15 is 0 Å². The Hall–Kier alpha value is -3.46. The van der Waals surface area contributed by atoms with Gasteiger partial charge in [-0.3, -0.25) is 14.4 Å². The van der Waals surface area contributed by atoms with Crippen LogP contribution in [-0.4, -0.2) is 36.6 Å². The third-order valence-electron chi connectivity index (χ3n) is 4.03. The van der Waals surface area contributed by atoms with Crippen LogP contribution in [0.25, 0.3) is 11.3 Å². The summed E-state index contributed by atoms with van der Waals surface area (Å²) in [6.07, 6.45) is 0.000418. The number of hydrogen-bond donors (Lipinski definition) is 2. The van der Waals surface area contributed by atoms with E-state index in [4.69, 9.17) is 4.52 Å². The normalized spacial score (nSPS) is 11.5. The maximum Gasteiger partial charge on any atom is 0.307 e. The number of thiophene rings is 1. The van der Waals surface area contributed by atoms with Gasteiger partial charge in [-0.1, -0.05) is 41.6 Å². The first kappa shape index (κ1) is 20.3. The maximum atomic E-state index is 12.3. The Morgan fingerprint density at radius 2 is 1.97 bits per heavy atom. The SMILES string of the molecule is COC(=O)CC(NC(=O)CNC(=O)c1cc(-c2ccccc2)on1)c1cccs1. The minimum absolute atomic E-state index is 0.000418. The summed E-state index contributed by atoms with van der Waals surface area (Å²) < 4.78 is 9.87. The van der Waals surface area contributed by atoms with E-state index in [9.17, 15) is 14.4 Å². The predicted molar refractivity (Wildman–Crippen MR) is 106 cm³/mol. The van der Waals surface area contributed by atoms with E-state index in [-0.39, 0.29) is 18.7 Å². The van der Waals surface area contributed by atoms with Crippen LogP contribution >= 0.6 is 11.3 Å². The summed E-state index contributed by atoms with van der Waals surface area (Å²) in [5.41, 5.74) is 0.861. The second kappa shape index (κ2) is 9.65. The number of methoxy groups -OCH3 is 1. The number of carbonyl (C=O) groups excluding carboxylic acids is 3. The monoisotopic (exact) mass is 413 g/mol. The average Bonchev–Trinajstić information content (AvgIpc) is 3.44. The maximum absolute atomic E-state index is 12.3. The lowest BCUT2D eigenvalue weighted by molar-refractivity contribution is -0.141. The molecule has 0 saturated carbocycles. The van der Waals surface area contributed by atoms with Crippen LogP contribution in [0.4, 0.5) is 0 Å². The molecule has 29 heavy (non-hydrogen) atoms. The van der Waals surface area contributed by atoms with Crippen LogP contribution in [0.15, 0.2) is 58.4 Å². The molecule has 2 N–H and O–H groups in total. The highest BCUT2D eigenvalue weighted by molar-refractivity contribution is 7.10. The van der Waals surface area contributed by atoms with Gasteiger partial charge in [-0.25, -0.2) is 0 Å². The van der Waals surface area contributed by atoms with Crippen molar-refractivity contribution in [3.05, 3.63) is 64.5 Å². The number of amides is 2. The van der Waals surface area contributed by atoms with Gasteiger partial charge < -0.3 is 19.9 Å². The number of carbonyl (C=O) groups is 3. The van der Waals surface area contributed by atoms with Crippen LogP contribution in [0.5, 0.6) is 0 Å². The molecule has 2 heterocycles. The molecule has 1 unspecified atom stereocenters. The molecule has 1 aromatic carbocycles. The fourth-order valence-electron chi connectivity index (χ4n) is 2.58. The van der Waals surface area contributed by atoms with E-state index in [2.05, 4.69) is 20.5 Å². The number of rotatable bonds is 8. The molecule has 3 aromatic rings. The molecule has 0 saturated heterocycles. The van der Waals surface area contributed by atoms with Crippen molar-refractivity contribution in [2.45, 2.75) is 12.5 Å². The van der Waals surface area contributed by atoms with Crippen molar-refractivity contribution in [1.29, 1.82) is 0 Å². The van der Waals surface area contributed by atoms with Crippen LogP contribution in [0.2, 0.25) is 0 Å². The fourth-order valence-corrected chi connectivity index (χ4v) is 3.36. The Labute approximate surface area is 170 Å². The second-order valence-corrected chi connectivity index (χ2v) is 7.02. The molecule has 0 fully saturated rings. The van der Waals surface area contributed by atoms with Gasteiger partial charge in [-0.15, -0.1) is 11.3 Å². The van der Waals surface area contributed by atoms with Crippen molar-refractivity contribution < 1.29 is 23.6 Å². The Morgan fingerprint density at radius 3 is 2.66 bits per heavy atom. The predicted octanol–water partition coefficient (Wildman–Crippen LogP) is 2.55. The zero-order valence-electron chi connectivity index (χ0n) is 15.6. The molecule has 0 bridgehead atoms. The molecule has 9 heteroatoms. The molecule has 0 aliphatic rings. The minimum Gasteiger partial charge on any atom is -0.469 e. The highest BCUT2D eigenvalue weighted by atomic mass is 32.1. The van der Waals surface area contributed by atoms with Crippen molar-refractivity contribution in [3.63, 3.8) is 0 Å². The van der Waals surface area contributed by atoms with Gasteiger partial charge in [0.2, 0.25) is 5.91 Å². The molecule has 0 aliphatic heterocycles. The lowest BCUT2D eigenvalue weighted by atomic mass is 10.1. The van der Waals surface area contributed by atoms with E-state index in [1.165, 1.54) is 24.5 Å². The highest BCUT2D eigenvalue weighted by Gasteiger charge is 2.21. The Morgan fingerprint density at radius 1 is 1.17 bits per heavy atom. The molecule has 3 rings (SSSR count). The molecule has 2 amide bonds. The molecule has 0 radical (unpaired) electrons. The number of aromatic nitrogens is 1. The zero-order valence-corrected chi connectivity index (χ0v) is 16.4. The third kappa shape index (κ3) is 5.52. The number of esters is 1. The largest absolute Gasteiger partial charge is 0.469 e. The Kier molecular flexibility index (Phi) is 6.75. The highest BCUT2D eigenvalue weighted by Crippen LogP contribution is 2.22.